The normalized spacial score (nSPS) is 11.2. The smallest absolute Gasteiger partial charge is 0.246 e. The van der Waals surface area contributed by atoms with E-state index >= 15 is 0 Å². The predicted molar refractivity (Wildman–Crippen MR) is 150 cm³/mol. The van der Waals surface area contributed by atoms with E-state index in [4.69, 9.17) is 15.0 Å². The van der Waals surface area contributed by atoms with Gasteiger partial charge in [-0.25, -0.2) is 4.39 Å². The Hall–Kier alpha value is -3.25. The first-order chi connectivity index (χ1) is 19.1. The largest absolute Gasteiger partial charge is 0.367 e. The third-order valence-electron chi connectivity index (χ3n) is 6.21. The summed E-state index contributed by atoms with van der Waals surface area (Å²) in [7, 11) is 0. The van der Waals surface area contributed by atoms with Gasteiger partial charge in [-0.3, -0.25) is 4.79 Å². The number of amides is 1. The second-order valence-corrected chi connectivity index (χ2v) is 9.86. The first-order valence-corrected chi connectivity index (χ1v) is 13.5. The number of halogens is 1. The number of aromatic nitrogens is 1. The number of aromatic amines is 1. The summed E-state index contributed by atoms with van der Waals surface area (Å²) in [4.78, 5) is 20.3. The van der Waals surface area contributed by atoms with Gasteiger partial charge in [-0.2, -0.15) is 5.90 Å². The van der Waals surface area contributed by atoms with Crippen LogP contribution in [0.25, 0.3) is 10.9 Å². The molecule has 206 valence electrons. The molecule has 0 spiro atoms. The number of ether oxygens (including phenoxy) is 1. The fraction of sp³-hybridized carbons (Fsp3) is 0.276. The zero-order chi connectivity index (χ0) is 27.3. The molecule has 8 nitrogen and oxygen atoms in total. The molecule has 5 N–H and O–H groups in total. The van der Waals surface area contributed by atoms with Gasteiger partial charge in [-0.15, -0.1) is 9.32 Å². The highest BCUT2D eigenvalue weighted by Gasteiger charge is 2.06. The topological polar surface area (TPSA) is 111 Å². The number of carbonyl (C=O) groups is 1. The van der Waals surface area contributed by atoms with Crippen LogP contribution in [0.2, 0.25) is 0 Å². The second kappa shape index (κ2) is 15.4. The average Bonchev–Trinajstić information content (AvgIpc) is 3.36. The second-order valence-electron chi connectivity index (χ2n) is 9.08. The SMILES string of the molecule is NOOSc1ccc2[nH]cc(CCNCc3ccc(CCCNC(=O)COCc4ccc(F)cc4)cc3)c2c1. The molecule has 3 aromatic carbocycles. The van der Waals surface area contributed by atoms with E-state index in [1.807, 2.05) is 18.3 Å². The minimum atomic E-state index is -0.290. The molecule has 0 bridgehead atoms. The lowest BCUT2D eigenvalue weighted by molar-refractivity contribution is -0.195. The molecule has 0 aliphatic rings. The van der Waals surface area contributed by atoms with Gasteiger partial charge in [0.05, 0.1) is 18.6 Å². The Morgan fingerprint density at radius 3 is 2.51 bits per heavy atom. The number of H-pyrrole nitrogens is 1. The first kappa shape index (κ1) is 28.8. The van der Waals surface area contributed by atoms with Crippen molar-refractivity contribution in [3.63, 3.8) is 0 Å². The molecule has 1 amide bonds. The van der Waals surface area contributed by atoms with Crippen molar-refractivity contribution in [3.05, 3.63) is 101 Å². The average molecular weight is 553 g/mol. The zero-order valence-corrected chi connectivity index (χ0v) is 22.4. The van der Waals surface area contributed by atoms with Crippen LogP contribution in [0.1, 0.15) is 28.7 Å². The summed E-state index contributed by atoms with van der Waals surface area (Å²) in [6.07, 6.45) is 4.66. The summed E-state index contributed by atoms with van der Waals surface area (Å²) in [6, 6.07) is 20.6. The van der Waals surface area contributed by atoms with Gasteiger partial charge >= 0.3 is 0 Å². The third kappa shape index (κ3) is 9.47. The molecule has 0 unspecified atom stereocenters. The Kier molecular flexibility index (Phi) is 11.3. The number of hydrogen-bond acceptors (Lipinski definition) is 7. The Bertz CT molecular complexity index is 1320. The summed E-state index contributed by atoms with van der Waals surface area (Å²) in [6.45, 7) is 2.49. The predicted octanol–water partition coefficient (Wildman–Crippen LogP) is 4.73. The van der Waals surface area contributed by atoms with E-state index in [1.165, 1.54) is 28.8 Å². The Labute approximate surface area is 231 Å². The molecule has 0 atom stereocenters. The van der Waals surface area contributed by atoms with Crippen LogP contribution < -0.4 is 16.5 Å². The van der Waals surface area contributed by atoms with E-state index in [0.29, 0.717) is 6.54 Å². The standard InChI is InChI=1S/C29H33FN4O4S/c30-25-9-7-23(8-10-25)19-36-20-29(35)33-14-1-2-21-3-5-22(6-4-21)17-32-15-13-24-18-34-28-12-11-26(16-27(24)28)39-38-37-31/h3-12,16,18,32,34H,1-2,13-15,17,19-20,31H2,(H,33,35). The van der Waals surface area contributed by atoms with E-state index in [0.717, 1.165) is 65.8 Å². The van der Waals surface area contributed by atoms with Crippen molar-refractivity contribution in [3.8, 4) is 0 Å². The molecule has 0 aliphatic carbocycles. The molecule has 0 radical (unpaired) electrons. The van der Waals surface area contributed by atoms with E-state index in [9.17, 15) is 9.18 Å². The van der Waals surface area contributed by atoms with Crippen molar-refractivity contribution >= 4 is 28.9 Å². The van der Waals surface area contributed by atoms with Gasteiger partial charge in [0, 0.05) is 35.1 Å². The molecule has 0 saturated carbocycles. The Morgan fingerprint density at radius 1 is 0.949 bits per heavy atom. The van der Waals surface area contributed by atoms with Crippen molar-refractivity contribution in [1.29, 1.82) is 0 Å². The summed E-state index contributed by atoms with van der Waals surface area (Å²) in [5.41, 5.74) is 5.60. The number of nitrogens with two attached hydrogens (primary N) is 1. The molecule has 0 aliphatic heterocycles. The summed E-state index contributed by atoms with van der Waals surface area (Å²) in [5.74, 6) is 4.48. The van der Waals surface area contributed by atoms with Gasteiger partial charge in [-0.1, -0.05) is 36.4 Å². The molecular formula is C29H33FN4O4S. The van der Waals surface area contributed by atoms with Crippen LogP contribution in [0, 0.1) is 5.82 Å². The van der Waals surface area contributed by atoms with Gasteiger partial charge in [0.2, 0.25) is 5.91 Å². The van der Waals surface area contributed by atoms with Crippen LogP contribution in [0.15, 0.2) is 77.8 Å². The maximum Gasteiger partial charge on any atom is 0.246 e. The highest BCUT2D eigenvalue weighted by molar-refractivity contribution is 7.94. The minimum absolute atomic E-state index is 0.0152. The molecule has 4 rings (SSSR count). The molecule has 0 saturated heterocycles. The lowest BCUT2D eigenvalue weighted by Crippen LogP contribution is -2.28. The van der Waals surface area contributed by atoms with Crippen LogP contribution in [-0.2, 0) is 44.8 Å². The van der Waals surface area contributed by atoms with Gasteiger partial charge in [0.15, 0.2) is 0 Å². The van der Waals surface area contributed by atoms with Crippen LogP contribution in [0.3, 0.4) is 0 Å². The highest BCUT2D eigenvalue weighted by Crippen LogP contribution is 2.26. The number of carbonyl (C=O) groups excluding carboxylic acids is 1. The quantitative estimate of drug-likeness (QED) is 0.0688. The maximum absolute atomic E-state index is 12.9. The lowest BCUT2D eigenvalue weighted by atomic mass is 10.1. The van der Waals surface area contributed by atoms with Gasteiger partial charge < -0.3 is 20.4 Å². The van der Waals surface area contributed by atoms with Crippen molar-refractivity contribution in [1.82, 2.24) is 15.6 Å². The van der Waals surface area contributed by atoms with Gasteiger partial charge in [0.25, 0.3) is 0 Å². The van der Waals surface area contributed by atoms with Crippen LogP contribution in [0.5, 0.6) is 0 Å². The van der Waals surface area contributed by atoms with Crippen molar-refractivity contribution in [2.24, 2.45) is 5.90 Å². The lowest BCUT2D eigenvalue weighted by Gasteiger charge is -2.08. The molecule has 10 heteroatoms. The Morgan fingerprint density at radius 2 is 1.72 bits per heavy atom. The summed E-state index contributed by atoms with van der Waals surface area (Å²) in [5, 5.41) is 7.54. The number of aryl methyl sites for hydroxylation is 1. The fourth-order valence-electron chi connectivity index (χ4n) is 4.17. The molecule has 1 aromatic heterocycles. The van der Waals surface area contributed by atoms with Crippen molar-refractivity contribution in [2.45, 2.75) is 37.3 Å². The number of nitrogens with one attached hydrogen (secondary N) is 3. The van der Waals surface area contributed by atoms with E-state index in [1.54, 1.807) is 12.1 Å². The maximum atomic E-state index is 12.9. The monoisotopic (exact) mass is 552 g/mol. The number of rotatable bonds is 16. The van der Waals surface area contributed by atoms with Gasteiger partial charge in [-0.05, 0) is 78.4 Å². The first-order valence-electron chi connectivity index (χ1n) is 12.8. The summed E-state index contributed by atoms with van der Waals surface area (Å²) >= 11 is 1.07. The zero-order valence-electron chi connectivity index (χ0n) is 21.6. The van der Waals surface area contributed by atoms with Crippen LogP contribution >= 0.6 is 12.0 Å². The van der Waals surface area contributed by atoms with Crippen LogP contribution in [0.4, 0.5) is 4.39 Å². The minimum Gasteiger partial charge on any atom is -0.367 e. The van der Waals surface area contributed by atoms with Crippen LogP contribution in [-0.4, -0.2) is 30.6 Å². The molecule has 1 heterocycles. The molecule has 0 fully saturated rings. The summed E-state index contributed by atoms with van der Waals surface area (Å²) < 4.78 is 23.1. The number of hydrogen-bond donors (Lipinski definition) is 4. The van der Waals surface area contributed by atoms with E-state index < -0.39 is 0 Å². The number of benzene rings is 3. The molecule has 4 aromatic rings. The highest BCUT2D eigenvalue weighted by atomic mass is 32.2. The van der Waals surface area contributed by atoms with E-state index in [2.05, 4.69) is 50.9 Å². The third-order valence-corrected chi connectivity index (χ3v) is 6.80. The van der Waals surface area contributed by atoms with Crippen molar-refractivity contribution in [2.75, 3.05) is 19.7 Å². The Balaban J connectivity index is 1.09. The molecule has 39 heavy (non-hydrogen) atoms. The molecular weight excluding hydrogens is 519 g/mol. The van der Waals surface area contributed by atoms with Gasteiger partial charge in [0.1, 0.15) is 12.4 Å². The number of fused-ring (bicyclic) bond motifs is 1. The fourth-order valence-corrected chi connectivity index (χ4v) is 4.58. The van der Waals surface area contributed by atoms with E-state index in [-0.39, 0.29) is 24.9 Å². The van der Waals surface area contributed by atoms with Crippen molar-refractivity contribution < 1.29 is 23.2 Å².